The normalized spacial score (nSPS) is 15.2. The second-order valence-electron chi connectivity index (χ2n) is 9.47. The van der Waals surface area contributed by atoms with Crippen LogP contribution in [0, 0.1) is 17.2 Å². The number of H-pyrrole nitrogens is 1. The third-order valence-corrected chi connectivity index (χ3v) is 5.86. The lowest BCUT2D eigenvalue weighted by atomic mass is 9.90. The van der Waals surface area contributed by atoms with Gasteiger partial charge in [-0.1, -0.05) is 20.8 Å². The maximum absolute atomic E-state index is 13.1. The molecule has 1 N–H and O–H groups in total. The molecule has 3 rings (SSSR count). The number of aryl methyl sites for hydroxylation is 1. The lowest BCUT2D eigenvalue weighted by Gasteiger charge is -2.36. The summed E-state index contributed by atoms with van der Waals surface area (Å²) in [5.74, 6) is 0.0516. The number of aromatic amines is 1. The molecule has 31 heavy (non-hydrogen) atoms. The van der Waals surface area contributed by atoms with E-state index < -0.39 is 0 Å². The fourth-order valence-corrected chi connectivity index (χ4v) is 3.99. The maximum atomic E-state index is 13.1. The van der Waals surface area contributed by atoms with Crippen LogP contribution >= 0.6 is 0 Å². The van der Waals surface area contributed by atoms with E-state index in [0.717, 1.165) is 42.6 Å². The molecular formula is C24H33FN4O2. The van der Waals surface area contributed by atoms with Gasteiger partial charge in [0.1, 0.15) is 5.82 Å². The van der Waals surface area contributed by atoms with Crippen molar-refractivity contribution in [2.24, 2.45) is 11.3 Å². The van der Waals surface area contributed by atoms with Crippen molar-refractivity contribution in [2.75, 3.05) is 26.7 Å². The monoisotopic (exact) mass is 428 g/mol. The number of rotatable bonds is 6. The second kappa shape index (κ2) is 9.62. The number of nitrogens with zero attached hydrogens (tertiary/aromatic N) is 3. The first-order valence-electron chi connectivity index (χ1n) is 11.0. The Balaban J connectivity index is 1.43. The molecule has 0 unspecified atom stereocenters. The quantitative estimate of drug-likeness (QED) is 0.759. The van der Waals surface area contributed by atoms with E-state index in [-0.39, 0.29) is 29.0 Å². The van der Waals surface area contributed by atoms with Gasteiger partial charge in [-0.2, -0.15) is 5.10 Å². The third-order valence-electron chi connectivity index (χ3n) is 5.86. The van der Waals surface area contributed by atoms with Gasteiger partial charge in [-0.3, -0.25) is 14.7 Å². The number of nitrogens with one attached hydrogen (secondary N) is 1. The largest absolute Gasteiger partial charge is 0.346 e. The molecule has 1 aromatic heterocycles. The molecule has 2 aromatic rings. The van der Waals surface area contributed by atoms with E-state index in [0.29, 0.717) is 19.6 Å². The SMILES string of the molecule is CN(CCCc1cc(-c2ccc(F)cc2)n[nH]1)C(=O)C1CCN(C(=O)C(C)(C)C)CC1. The van der Waals surface area contributed by atoms with Crippen molar-refractivity contribution >= 4 is 11.8 Å². The minimum atomic E-state index is -0.378. The number of benzene rings is 1. The first-order valence-corrected chi connectivity index (χ1v) is 11.0. The highest BCUT2D eigenvalue weighted by molar-refractivity contribution is 5.82. The first-order chi connectivity index (χ1) is 14.6. The zero-order valence-electron chi connectivity index (χ0n) is 18.9. The number of carbonyl (C=O) groups is 2. The molecule has 0 bridgehead atoms. The van der Waals surface area contributed by atoms with Gasteiger partial charge in [-0.15, -0.1) is 0 Å². The lowest BCUT2D eigenvalue weighted by molar-refractivity contribution is -0.144. The van der Waals surface area contributed by atoms with Crippen LogP contribution in [-0.4, -0.2) is 58.5 Å². The molecule has 1 aromatic carbocycles. The minimum absolute atomic E-state index is 0.00810. The summed E-state index contributed by atoms with van der Waals surface area (Å²) in [6.45, 7) is 7.78. The van der Waals surface area contributed by atoms with Crippen molar-refractivity contribution in [3.05, 3.63) is 41.8 Å². The van der Waals surface area contributed by atoms with Crippen LogP contribution in [0.1, 0.15) is 45.7 Å². The van der Waals surface area contributed by atoms with Crippen LogP contribution in [0.5, 0.6) is 0 Å². The standard InChI is InChI=1S/C24H33FN4O2/c1-24(2,3)23(31)29-14-11-18(12-15-29)22(30)28(4)13-5-6-20-16-21(27-26-20)17-7-9-19(25)10-8-17/h7-10,16,18H,5-6,11-15H2,1-4H3,(H,26,27). The second-order valence-corrected chi connectivity index (χ2v) is 9.47. The lowest BCUT2D eigenvalue weighted by Crippen LogP contribution is -2.47. The predicted octanol–water partition coefficient (Wildman–Crippen LogP) is 3.89. The summed E-state index contributed by atoms with van der Waals surface area (Å²) in [5.41, 5.74) is 2.27. The number of likely N-dealkylation sites (tertiary alicyclic amines) is 1. The Labute approximate surface area is 183 Å². The summed E-state index contributed by atoms with van der Waals surface area (Å²) in [6, 6.07) is 8.24. The molecule has 0 radical (unpaired) electrons. The fourth-order valence-electron chi connectivity index (χ4n) is 3.99. The van der Waals surface area contributed by atoms with E-state index in [1.165, 1.54) is 12.1 Å². The summed E-state index contributed by atoms with van der Waals surface area (Å²) in [6.07, 6.45) is 3.07. The molecule has 0 aliphatic carbocycles. The Hall–Kier alpha value is -2.70. The highest BCUT2D eigenvalue weighted by Crippen LogP contribution is 2.25. The Morgan fingerprint density at radius 3 is 2.45 bits per heavy atom. The summed E-state index contributed by atoms with van der Waals surface area (Å²) in [7, 11) is 1.85. The fraction of sp³-hybridized carbons (Fsp3) is 0.542. The molecule has 1 fully saturated rings. The summed E-state index contributed by atoms with van der Waals surface area (Å²) < 4.78 is 13.1. The van der Waals surface area contributed by atoms with Crippen molar-refractivity contribution in [3.63, 3.8) is 0 Å². The molecule has 0 atom stereocenters. The van der Waals surface area contributed by atoms with Gasteiger partial charge in [0.05, 0.1) is 5.69 Å². The molecule has 2 heterocycles. The number of aromatic nitrogens is 2. The molecule has 6 nitrogen and oxygen atoms in total. The van der Waals surface area contributed by atoms with E-state index in [1.807, 2.05) is 43.7 Å². The van der Waals surface area contributed by atoms with Gasteiger partial charge in [0.25, 0.3) is 0 Å². The molecule has 0 saturated carbocycles. The molecular weight excluding hydrogens is 395 g/mol. The molecule has 1 aliphatic heterocycles. The van der Waals surface area contributed by atoms with Crippen LogP contribution in [0.4, 0.5) is 4.39 Å². The predicted molar refractivity (Wildman–Crippen MR) is 119 cm³/mol. The summed E-state index contributed by atoms with van der Waals surface area (Å²) in [4.78, 5) is 28.9. The Morgan fingerprint density at radius 2 is 1.84 bits per heavy atom. The smallest absolute Gasteiger partial charge is 0.227 e. The van der Waals surface area contributed by atoms with Crippen LogP contribution in [0.25, 0.3) is 11.3 Å². The summed E-state index contributed by atoms with van der Waals surface area (Å²) in [5, 5.41) is 7.33. The Morgan fingerprint density at radius 1 is 1.19 bits per heavy atom. The number of piperidine rings is 1. The van der Waals surface area contributed by atoms with Crippen molar-refractivity contribution in [3.8, 4) is 11.3 Å². The van der Waals surface area contributed by atoms with Crippen LogP contribution < -0.4 is 0 Å². The first kappa shape index (κ1) is 23.0. The molecule has 7 heteroatoms. The number of halogens is 1. The van der Waals surface area contributed by atoms with Crippen LogP contribution in [0.3, 0.4) is 0 Å². The minimum Gasteiger partial charge on any atom is -0.346 e. The highest BCUT2D eigenvalue weighted by atomic mass is 19.1. The van der Waals surface area contributed by atoms with Crippen LogP contribution in [0.15, 0.2) is 30.3 Å². The number of carbonyl (C=O) groups excluding carboxylic acids is 2. The van der Waals surface area contributed by atoms with E-state index in [9.17, 15) is 14.0 Å². The van der Waals surface area contributed by atoms with E-state index in [4.69, 9.17) is 0 Å². The van der Waals surface area contributed by atoms with Gasteiger partial charge < -0.3 is 9.80 Å². The average molecular weight is 429 g/mol. The van der Waals surface area contributed by atoms with Crippen LogP contribution in [0.2, 0.25) is 0 Å². The van der Waals surface area contributed by atoms with Crippen molar-refractivity contribution < 1.29 is 14.0 Å². The average Bonchev–Trinajstić information content (AvgIpc) is 3.21. The maximum Gasteiger partial charge on any atom is 0.227 e. The topological polar surface area (TPSA) is 69.3 Å². The van der Waals surface area contributed by atoms with Gasteiger partial charge in [-0.05, 0) is 56.0 Å². The highest BCUT2D eigenvalue weighted by Gasteiger charge is 2.33. The molecule has 1 aliphatic rings. The van der Waals surface area contributed by atoms with Gasteiger partial charge >= 0.3 is 0 Å². The third kappa shape index (κ3) is 5.93. The Bertz CT molecular complexity index is 893. The van der Waals surface area contributed by atoms with Gasteiger partial charge in [0, 0.05) is 49.3 Å². The van der Waals surface area contributed by atoms with Gasteiger partial charge in [0.15, 0.2) is 0 Å². The molecule has 168 valence electrons. The molecule has 1 saturated heterocycles. The van der Waals surface area contributed by atoms with Crippen molar-refractivity contribution in [1.29, 1.82) is 0 Å². The van der Waals surface area contributed by atoms with E-state index in [1.54, 1.807) is 12.1 Å². The number of hydrogen-bond donors (Lipinski definition) is 1. The zero-order chi connectivity index (χ0) is 22.6. The number of amides is 2. The Kier molecular flexibility index (Phi) is 7.13. The van der Waals surface area contributed by atoms with Crippen LogP contribution in [-0.2, 0) is 16.0 Å². The number of hydrogen-bond acceptors (Lipinski definition) is 3. The van der Waals surface area contributed by atoms with Crippen molar-refractivity contribution in [2.45, 2.75) is 46.5 Å². The van der Waals surface area contributed by atoms with Crippen molar-refractivity contribution in [1.82, 2.24) is 20.0 Å². The van der Waals surface area contributed by atoms with Gasteiger partial charge in [0.2, 0.25) is 11.8 Å². The van der Waals surface area contributed by atoms with E-state index in [2.05, 4.69) is 10.2 Å². The van der Waals surface area contributed by atoms with E-state index >= 15 is 0 Å². The molecule has 0 spiro atoms. The summed E-state index contributed by atoms with van der Waals surface area (Å²) >= 11 is 0. The zero-order valence-corrected chi connectivity index (χ0v) is 18.9. The molecule has 2 amide bonds. The van der Waals surface area contributed by atoms with Gasteiger partial charge in [-0.25, -0.2) is 4.39 Å².